The van der Waals surface area contributed by atoms with Gasteiger partial charge < -0.3 is 21.3 Å². The van der Waals surface area contributed by atoms with Crippen LogP contribution in [0, 0.1) is 0 Å². The second kappa shape index (κ2) is 5.29. The Labute approximate surface area is 95.2 Å². The highest BCUT2D eigenvalue weighted by atomic mass is 16.5. The molecule has 1 aromatic rings. The van der Waals surface area contributed by atoms with Gasteiger partial charge in [0.15, 0.2) is 0 Å². The van der Waals surface area contributed by atoms with Crippen LogP contribution in [0.4, 0.5) is 5.82 Å². The molecule has 0 aromatic carbocycles. The molecule has 0 saturated heterocycles. The molecule has 92 valence electrons. The molecule has 0 aliphatic rings. The number of anilines is 1. The SMILES string of the molecule is CC(C)(Cn1ccc(N)n1)OC[C@H](O)CN. The van der Waals surface area contributed by atoms with E-state index in [1.165, 1.54) is 0 Å². The molecule has 0 unspecified atom stereocenters. The molecule has 0 radical (unpaired) electrons. The molecule has 0 fully saturated rings. The molecule has 0 amide bonds. The lowest BCUT2D eigenvalue weighted by Crippen LogP contribution is -2.36. The number of rotatable bonds is 6. The van der Waals surface area contributed by atoms with Crippen LogP contribution in [0.3, 0.4) is 0 Å². The molecule has 1 atom stereocenters. The first-order valence-corrected chi connectivity index (χ1v) is 5.24. The minimum absolute atomic E-state index is 0.199. The van der Waals surface area contributed by atoms with Crippen molar-refractivity contribution in [3.8, 4) is 0 Å². The fraction of sp³-hybridized carbons (Fsp3) is 0.700. The summed E-state index contributed by atoms with van der Waals surface area (Å²) in [6.45, 7) is 4.84. The van der Waals surface area contributed by atoms with Gasteiger partial charge in [-0.15, -0.1) is 0 Å². The molecule has 1 aromatic heterocycles. The molecule has 0 spiro atoms. The van der Waals surface area contributed by atoms with Gasteiger partial charge in [-0.2, -0.15) is 5.10 Å². The molecule has 0 aliphatic heterocycles. The van der Waals surface area contributed by atoms with Crippen LogP contribution in [0.25, 0.3) is 0 Å². The third-order valence-corrected chi connectivity index (χ3v) is 2.14. The largest absolute Gasteiger partial charge is 0.389 e. The lowest BCUT2D eigenvalue weighted by atomic mass is 10.1. The van der Waals surface area contributed by atoms with Crippen molar-refractivity contribution in [2.75, 3.05) is 18.9 Å². The molecule has 0 bridgehead atoms. The number of nitrogens with zero attached hydrogens (tertiary/aromatic N) is 2. The summed E-state index contributed by atoms with van der Waals surface area (Å²) < 4.78 is 7.28. The first kappa shape index (κ1) is 13.0. The Morgan fingerprint density at radius 2 is 2.31 bits per heavy atom. The smallest absolute Gasteiger partial charge is 0.145 e. The van der Waals surface area contributed by atoms with E-state index in [-0.39, 0.29) is 13.2 Å². The van der Waals surface area contributed by atoms with Gasteiger partial charge in [0, 0.05) is 12.7 Å². The number of ether oxygens (including phenoxy) is 1. The summed E-state index contributed by atoms with van der Waals surface area (Å²) in [6, 6.07) is 1.73. The summed E-state index contributed by atoms with van der Waals surface area (Å²) in [5.41, 5.74) is 10.4. The monoisotopic (exact) mass is 228 g/mol. The Kier molecular flexibility index (Phi) is 4.28. The zero-order chi connectivity index (χ0) is 12.2. The highest BCUT2D eigenvalue weighted by molar-refractivity contribution is 5.23. The first-order chi connectivity index (χ1) is 7.43. The molecular weight excluding hydrogens is 208 g/mol. The average Bonchev–Trinajstić information content (AvgIpc) is 2.59. The molecule has 1 heterocycles. The highest BCUT2D eigenvalue weighted by Crippen LogP contribution is 2.13. The number of nitrogen functional groups attached to an aromatic ring is 1. The van der Waals surface area contributed by atoms with Crippen molar-refractivity contribution in [1.29, 1.82) is 0 Å². The fourth-order valence-electron chi connectivity index (χ4n) is 1.29. The second-order valence-corrected chi connectivity index (χ2v) is 4.40. The van der Waals surface area contributed by atoms with E-state index in [1.54, 1.807) is 16.9 Å². The summed E-state index contributed by atoms with van der Waals surface area (Å²) in [5.74, 6) is 0.484. The van der Waals surface area contributed by atoms with Crippen LogP contribution in [-0.2, 0) is 11.3 Å². The van der Waals surface area contributed by atoms with E-state index in [0.29, 0.717) is 12.4 Å². The maximum Gasteiger partial charge on any atom is 0.145 e. The van der Waals surface area contributed by atoms with Gasteiger partial charge in [0.05, 0.1) is 24.9 Å². The second-order valence-electron chi connectivity index (χ2n) is 4.40. The van der Waals surface area contributed by atoms with Crippen molar-refractivity contribution in [3.63, 3.8) is 0 Å². The normalized spacial score (nSPS) is 14.0. The van der Waals surface area contributed by atoms with Gasteiger partial charge in [-0.1, -0.05) is 0 Å². The van der Waals surface area contributed by atoms with Crippen LogP contribution in [-0.4, -0.2) is 39.7 Å². The standard InChI is InChI=1S/C10H20N4O2/c1-10(2,16-6-8(15)5-11)7-14-4-3-9(12)13-14/h3-4,8,15H,5-7,11H2,1-2H3,(H2,12,13)/t8-/m1/s1. The Balaban J connectivity index is 2.45. The van der Waals surface area contributed by atoms with E-state index >= 15 is 0 Å². The molecule has 5 N–H and O–H groups in total. The van der Waals surface area contributed by atoms with Crippen LogP contribution in [0.2, 0.25) is 0 Å². The number of nitrogens with two attached hydrogens (primary N) is 2. The van der Waals surface area contributed by atoms with E-state index in [1.807, 2.05) is 13.8 Å². The number of hydrogen-bond acceptors (Lipinski definition) is 5. The highest BCUT2D eigenvalue weighted by Gasteiger charge is 2.21. The van der Waals surface area contributed by atoms with Crippen LogP contribution in [0.1, 0.15) is 13.8 Å². The zero-order valence-electron chi connectivity index (χ0n) is 9.76. The van der Waals surface area contributed by atoms with Gasteiger partial charge in [-0.25, -0.2) is 0 Å². The van der Waals surface area contributed by atoms with Gasteiger partial charge in [0.1, 0.15) is 5.82 Å². The van der Waals surface area contributed by atoms with Gasteiger partial charge in [-0.05, 0) is 19.9 Å². The van der Waals surface area contributed by atoms with E-state index in [4.69, 9.17) is 16.2 Å². The molecule has 0 aliphatic carbocycles. The topological polar surface area (TPSA) is 99.3 Å². The van der Waals surface area contributed by atoms with Crippen molar-refractivity contribution in [2.45, 2.75) is 32.1 Å². The van der Waals surface area contributed by atoms with E-state index in [0.717, 1.165) is 0 Å². The summed E-state index contributed by atoms with van der Waals surface area (Å²) in [4.78, 5) is 0. The van der Waals surface area contributed by atoms with Crippen LogP contribution >= 0.6 is 0 Å². The number of aliphatic hydroxyl groups is 1. The summed E-state index contributed by atoms with van der Waals surface area (Å²) in [6.07, 6.45) is 1.17. The Hall–Kier alpha value is -1.11. The number of hydrogen-bond donors (Lipinski definition) is 3. The Morgan fingerprint density at radius 1 is 1.62 bits per heavy atom. The third-order valence-electron chi connectivity index (χ3n) is 2.14. The fourth-order valence-corrected chi connectivity index (χ4v) is 1.29. The van der Waals surface area contributed by atoms with Crippen molar-refractivity contribution in [2.24, 2.45) is 5.73 Å². The molecule has 0 saturated carbocycles. The van der Waals surface area contributed by atoms with Crippen LogP contribution < -0.4 is 11.5 Å². The average molecular weight is 228 g/mol. The Morgan fingerprint density at radius 3 is 2.81 bits per heavy atom. The summed E-state index contributed by atoms with van der Waals surface area (Å²) in [7, 11) is 0. The number of aromatic nitrogens is 2. The summed E-state index contributed by atoms with van der Waals surface area (Å²) >= 11 is 0. The van der Waals surface area contributed by atoms with Gasteiger partial charge in [0.25, 0.3) is 0 Å². The zero-order valence-corrected chi connectivity index (χ0v) is 9.76. The van der Waals surface area contributed by atoms with Crippen LogP contribution in [0.5, 0.6) is 0 Å². The predicted molar refractivity (Wildman–Crippen MR) is 61.7 cm³/mol. The Bertz CT molecular complexity index is 324. The van der Waals surface area contributed by atoms with E-state index in [2.05, 4.69) is 5.10 Å². The third kappa shape index (κ3) is 4.18. The van der Waals surface area contributed by atoms with Crippen molar-refractivity contribution >= 4 is 5.82 Å². The van der Waals surface area contributed by atoms with E-state index < -0.39 is 11.7 Å². The molecule has 6 nitrogen and oxygen atoms in total. The lowest BCUT2D eigenvalue weighted by Gasteiger charge is -2.26. The van der Waals surface area contributed by atoms with Gasteiger partial charge in [0.2, 0.25) is 0 Å². The van der Waals surface area contributed by atoms with E-state index in [9.17, 15) is 5.11 Å². The summed E-state index contributed by atoms with van der Waals surface area (Å²) in [5, 5.41) is 13.4. The molecule has 6 heteroatoms. The van der Waals surface area contributed by atoms with Crippen molar-refractivity contribution in [3.05, 3.63) is 12.3 Å². The molecule has 1 rings (SSSR count). The maximum absolute atomic E-state index is 9.30. The molecular formula is C10H20N4O2. The maximum atomic E-state index is 9.30. The molecule has 16 heavy (non-hydrogen) atoms. The van der Waals surface area contributed by atoms with Gasteiger partial charge in [-0.3, -0.25) is 4.68 Å². The minimum Gasteiger partial charge on any atom is -0.389 e. The minimum atomic E-state index is -0.623. The van der Waals surface area contributed by atoms with Crippen molar-refractivity contribution < 1.29 is 9.84 Å². The predicted octanol–water partition coefficient (Wildman–Crippen LogP) is -0.420. The first-order valence-electron chi connectivity index (χ1n) is 5.24. The van der Waals surface area contributed by atoms with Crippen molar-refractivity contribution in [1.82, 2.24) is 9.78 Å². The van der Waals surface area contributed by atoms with Gasteiger partial charge >= 0.3 is 0 Å². The lowest BCUT2D eigenvalue weighted by molar-refractivity contribution is -0.0667. The number of aliphatic hydroxyl groups excluding tert-OH is 1. The quantitative estimate of drug-likeness (QED) is 0.614. The van der Waals surface area contributed by atoms with Crippen LogP contribution in [0.15, 0.2) is 12.3 Å².